The van der Waals surface area contributed by atoms with Crippen LogP contribution in [0.1, 0.15) is 25.5 Å². The van der Waals surface area contributed by atoms with E-state index in [9.17, 15) is 4.79 Å². The van der Waals surface area contributed by atoms with Crippen molar-refractivity contribution in [3.8, 4) is 5.75 Å². The van der Waals surface area contributed by atoms with Gasteiger partial charge < -0.3 is 14.6 Å². The number of rotatable bonds is 6. The van der Waals surface area contributed by atoms with Crippen LogP contribution in [-0.2, 0) is 16.0 Å². The van der Waals surface area contributed by atoms with E-state index in [1.54, 1.807) is 12.1 Å². The Balaban J connectivity index is 2.21. The summed E-state index contributed by atoms with van der Waals surface area (Å²) in [6.45, 7) is 2.05. The number of aromatic amines is 1. The van der Waals surface area contributed by atoms with Gasteiger partial charge >= 0.3 is 5.97 Å². The van der Waals surface area contributed by atoms with Gasteiger partial charge in [-0.2, -0.15) is 0 Å². The molecule has 1 aromatic carbocycles. The molecule has 0 fully saturated rings. The lowest BCUT2D eigenvalue weighted by Gasteiger charge is -2.12. The summed E-state index contributed by atoms with van der Waals surface area (Å²) < 4.78 is 4.84. The monoisotopic (exact) mass is 277 g/mol. The van der Waals surface area contributed by atoms with Crippen molar-refractivity contribution in [1.82, 2.24) is 4.98 Å². The van der Waals surface area contributed by atoms with Crippen LogP contribution in [0.25, 0.3) is 10.9 Å². The zero-order chi connectivity index (χ0) is 14.5. The summed E-state index contributed by atoms with van der Waals surface area (Å²) in [4.78, 5) is 19.2. The van der Waals surface area contributed by atoms with Gasteiger partial charge in [-0.25, -0.2) is 5.26 Å². The van der Waals surface area contributed by atoms with Crippen molar-refractivity contribution in [3.05, 3.63) is 30.0 Å². The second kappa shape index (κ2) is 6.43. The molecule has 2 aromatic rings. The van der Waals surface area contributed by atoms with Crippen molar-refractivity contribution < 1.29 is 19.7 Å². The van der Waals surface area contributed by atoms with Gasteiger partial charge in [0.15, 0.2) is 5.75 Å². The molecule has 0 aliphatic carbocycles. The highest BCUT2D eigenvalue weighted by Crippen LogP contribution is 2.23. The van der Waals surface area contributed by atoms with Crippen LogP contribution >= 0.6 is 0 Å². The van der Waals surface area contributed by atoms with Crippen molar-refractivity contribution in [3.63, 3.8) is 0 Å². The molecule has 0 amide bonds. The third-order valence-electron chi connectivity index (χ3n) is 3.39. The number of aromatic nitrogens is 1. The molecule has 0 saturated heterocycles. The largest absolute Gasteiger partial charge is 0.469 e. The number of hydrogen-bond acceptors (Lipinski definition) is 4. The van der Waals surface area contributed by atoms with Crippen molar-refractivity contribution in [2.75, 3.05) is 7.11 Å². The van der Waals surface area contributed by atoms with Gasteiger partial charge in [-0.15, -0.1) is 0 Å². The predicted octanol–water partition coefficient (Wildman–Crippen LogP) is 3.15. The fraction of sp³-hybridized carbons (Fsp3) is 0.400. The summed E-state index contributed by atoms with van der Waals surface area (Å²) in [5.74, 6) is 0.0811. The molecule has 0 spiro atoms. The molecule has 0 bridgehead atoms. The third-order valence-corrected chi connectivity index (χ3v) is 3.39. The molecule has 2 rings (SSSR count). The van der Waals surface area contributed by atoms with Crippen LogP contribution in [-0.4, -0.2) is 23.3 Å². The van der Waals surface area contributed by atoms with Crippen LogP contribution in [0, 0.1) is 5.92 Å². The molecule has 108 valence electrons. The zero-order valence-corrected chi connectivity index (χ0v) is 11.7. The lowest BCUT2D eigenvalue weighted by atomic mass is 9.98. The van der Waals surface area contributed by atoms with Crippen molar-refractivity contribution >= 4 is 16.9 Å². The summed E-state index contributed by atoms with van der Waals surface area (Å²) in [6.07, 6.45) is 2.35. The first kappa shape index (κ1) is 14.4. The number of methoxy groups -OCH3 is 1. The Morgan fingerprint density at radius 3 is 2.85 bits per heavy atom. The number of benzene rings is 1. The standard InChI is InChI=1S/C15H19NO4/c1-3-4-10(15(17)19-2)7-12-8-11-9-13(20-18)5-6-14(11)16-12/h5-6,8-10,16,18H,3-4,7H2,1-2H3. The summed E-state index contributed by atoms with van der Waals surface area (Å²) in [7, 11) is 1.42. The van der Waals surface area contributed by atoms with Crippen molar-refractivity contribution in [2.24, 2.45) is 5.92 Å². The van der Waals surface area contributed by atoms with Crippen LogP contribution in [0.5, 0.6) is 5.75 Å². The minimum Gasteiger partial charge on any atom is -0.469 e. The first-order valence-electron chi connectivity index (χ1n) is 6.68. The summed E-state index contributed by atoms with van der Waals surface area (Å²) in [5.41, 5.74) is 1.92. The highest BCUT2D eigenvalue weighted by Gasteiger charge is 2.19. The van der Waals surface area contributed by atoms with Crippen molar-refractivity contribution in [1.29, 1.82) is 0 Å². The van der Waals surface area contributed by atoms with Gasteiger partial charge in [-0.1, -0.05) is 13.3 Å². The number of ether oxygens (including phenoxy) is 1. The second-order valence-electron chi connectivity index (χ2n) is 4.85. The Morgan fingerprint density at radius 2 is 2.20 bits per heavy atom. The van der Waals surface area contributed by atoms with E-state index in [0.29, 0.717) is 12.2 Å². The molecule has 1 aromatic heterocycles. The highest BCUT2D eigenvalue weighted by atomic mass is 17.1. The number of nitrogens with one attached hydrogen (secondary N) is 1. The lowest BCUT2D eigenvalue weighted by molar-refractivity contribution is -0.145. The van der Waals surface area contributed by atoms with E-state index in [1.807, 2.05) is 19.1 Å². The fourth-order valence-electron chi connectivity index (χ4n) is 2.42. The summed E-state index contributed by atoms with van der Waals surface area (Å²) >= 11 is 0. The molecule has 5 heteroatoms. The maximum absolute atomic E-state index is 11.7. The van der Waals surface area contributed by atoms with E-state index < -0.39 is 0 Å². The van der Waals surface area contributed by atoms with E-state index >= 15 is 0 Å². The molecule has 0 aliphatic heterocycles. The van der Waals surface area contributed by atoms with Crippen LogP contribution in [0.15, 0.2) is 24.3 Å². The van der Waals surface area contributed by atoms with Gasteiger partial charge in [0.1, 0.15) is 0 Å². The molecule has 0 aliphatic rings. The minimum atomic E-state index is -0.176. The van der Waals surface area contributed by atoms with Crippen LogP contribution in [0.2, 0.25) is 0 Å². The number of hydrogen-bond donors (Lipinski definition) is 2. The molecule has 0 saturated carbocycles. The Kier molecular flexibility index (Phi) is 4.63. The molecular weight excluding hydrogens is 258 g/mol. The maximum Gasteiger partial charge on any atom is 0.309 e. The van der Waals surface area contributed by atoms with Gasteiger partial charge in [0, 0.05) is 23.0 Å². The zero-order valence-electron chi connectivity index (χ0n) is 11.7. The minimum absolute atomic E-state index is 0.133. The average molecular weight is 277 g/mol. The SMILES string of the molecule is CCCC(Cc1cc2cc(OO)ccc2[nH]1)C(=O)OC. The number of H-pyrrole nitrogens is 1. The van der Waals surface area contributed by atoms with Crippen LogP contribution in [0.4, 0.5) is 0 Å². The Hall–Kier alpha value is -2.01. The quantitative estimate of drug-likeness (QED) is 0.483. The van der Waals surface area contributed by atoms with Gasteiger partial charge in [0.25, 0.3) is 0 Å². The predicted molar refractivity (Wildman–Crippen MR) is 75.7 cm³/mol. The molecular formula is C15H19NO4. The van der Waals surface area contributed by atoms with Crippen LogP contribution in [0.3, 0.4) is 0 Å². The molecule has 0 radical (unpaired) electrons. The van der Waals surface area contributed by atoms with E-state index in [4.69, 9.17) is 9.99 Å². The number of esters is 1. The van der Waals surface area contributed by atoms with Gasteiger partial charge in [-0.05, 0) is 30.7 Å². The second-order valence-corrected chi connectivity index (χ2v) is 4.85. The van der Waals surface area contributed by atoms with Gasteiger partial charge in [0.2, 0.25) is 0 Å². The van der Waals surface area contributed by atoms with E-state index in [1.165, 1.54) is 7.11 Å². The number of carbonyl (C=O) groups is 1. The van der Waals surface area contributed by atoms with Crippen LogP contribution < -0.4 is 4.89 Å². The summed E-state index contributed by atoms with van der Waals surface area (Å²) in [6, 6.07) is 7.20. The van der Waals surface area contributed by atoms with E-state index in [0.717, 1.165) is 29.4 Å². The molecule has 1 unspecified atom stereocenters. The number of carbonyl (C=O) groups excluding carboxylic acids is 1. The first-order valence-corrected chi connectivity index (χ1v) is 6.68. The highest BCUT2D eigenvalue weighted by molar-refractivity contribution is 5.82. The summed E-state index contributed by atoms with van der Waals surface area (Å²) in [5, 5.41) is 9.59. The van der Waals surface area contributed by atoms with E-state index in [2.05, 4.69) is 9.87 Å². The fourth-order valence-corrected chi connectivity index (χ4v) is 2.42. The van der Waals surface area contributed by atoms with Crippen molar-refractivity contribution in [2.45, 2.75) is 26.2 Å². The van der Waals surface area contributed by atoms with E-state index in [-0.39, 0.29) is 11.9 Å². The molecule has 1 atom stereocenters. The third kappa shape index (κ3) is 3.11. The topological polar surface area (TPSA) is 71.5 Å². The maximum atomic E-state index is 11.7. The Morgan fingerprint density at radius 1 is 1.40 bits per heavy atom. The molecule has 20 heavy (non-hydrogen) atoms. The molecule has 5 nitrogen and oxygen atoms in total. The first-order chi connectivity index (χ1) is 9.67. The lowest BCUT2D eigenvalue weighted by Crippen LogP contribution is -2.18. The van der Waals surface area contributed by atoms with Gasteiger partial charge in [0.05, 0.1) is 13.0 Å². The Bertz CT molecular complexity index is 591. The smallest absolute Gasteiger partial charge is 0.309 e. The molecule has 1 heterocycles. The molecule has 2 N–H and O–H groups in total. The number of fused-ring (bicyclic) bond motifs is 1. The van der Waals surface area contributed by atoms with Gasteiger partial charge in [-0.3, -0.25) is 4.79 Å². The normalized spacial score (nSPS) is 12.3. The average Bonchev–Trinajstić information content (AvgIpc) is 2.87. The Labute approximate surface area is 117 Å².